The summed E-state index contributed by atoms with van der Waals surface area (Å²) in [5, 5.41) is 0. The van der Waals surface area contributed by atoms with Gasteiger partial charge in [0.25, 0.3) is 0 Å². The van der Waals surface area contributed by atoms with Crippen molar-refractivity contribution in [2.75, 3.05) is 13.7 Å². The van der Waals surface area contributed by atoms with Crippen LogP contribution in [0.25, 0.3) is 0 Å². The van der Waals surface area contributed by atoms with Crippen molar-refractivity contribution < 1.29 is 14.3 Å². The molecule has 2 N–H and O–H groups in total. The zero-order valence-corrected chi connectivity index (χ0v) is 10.2. The molecule has 0 fully saturated rings. The van der Waals surface area contributed by atoms with E-state index in [4.69, 9.17) is 10.5 Å². The van der Waals surface area contributed by atoms with Gasteiger partial charge in [0, 0.05) is 18.2 Å². The minimum absolute atomic E-state index is 0.105. The molecule has 0 amide bonds. The number of aromatic nitrogens is 1. The van der Waals surface area contributed by atoms with E-state index in [9.17, 15) is 4.79 Å². The molecular weight excluding hydrogens is 220 g/mol. The molecule has 0 spiro atoms. The van der Waals surface area contributed by atoms with E-state index >= 15 is 0 Å². The molecule has 1 aromatic heterocycles. The molecule has 0 aliphatic rings. The van der Waals surface area contributed by atoms with Crippen LogP contribution in [0.5, 0.6) is 5.75 Å². The molecule has 0 aliphatic carbocycles. The van der Waals surface area contributed by atoms with Gasteiger partial charge in [-0.25, -0.2) is 4.79 Å². The third-order valence-electron chi connectivity index (χ3n) is 2.38. The lowest BCUT2D eigenvalue weighted by atomic mass is 10.1. The van der Waals surface area contributed by atoms with E-state index in [-0.39, 0.29) is 12.6 Å². The third-order valence-corrected chi connectivity index (χ3v) is 2.38. The summed E-state index contributed by atoms with van der Waals surface area (Å²) in [5.74, 6) is 0.131. The Morgan fingerprint density at radius 3 is 2.82 bits per heavy atom. The number of nitrogens with two attached hydrogens (primary N) is 1. The Kier molecular flexibility index (Phi) is 5.42. The average Bonchev–Trinajstić information content (AvgIpc) is 2.37. The summed E-state index contributed by atoms with van der Waals surface area (Å²) in [6.45, 7) is 1.94. The van der Waals surface area contributed by atoms with Gasteiger partial charge in [-0.05, 0) is 18.6 Å². The summed E-state index contributed by atoms with van der Waals surface area (Å²) >= 11 is 0. The van der Waals surface area contributed by atoms with Crippen molar-refractivity contribution in [1.29, 1.82) is 0 Å². The lowest BCUT2D eigenvalue weighted by Crippen LogP contribution is -2.21. The Morgan fingerprint density at radius 2 is 2.29 bits per heavy atom. The lowest BCUT2D eigenvalue weighted by molar-refractivity contribution is -0.142. The van der Waals surface area contributed by atoms with Crippen molar-refractivity contribution in [3.05, 3.63) is 24.0 Å². The number of pyridine rings is 1. The van der Waals surface area contributed by atoms with Crippen LogP contribution in [0.3, 0.4) is 0 Å². The highest BCUT2D eigenvalue weighted by Gasteiger charge is 2.04. The summed E-state index contributed by atoms with van der Waals surface area (Å²) in [5.41, 5.74) is 6.75. The number of nitrogens with zero attached hydrogens (tertiary/aromatic N) is 1. The minimum Gasteiger partial charge on any atom is -0.480 e. The SMILES string of the molecule is CCC(N)Cc1ccc(OCC(=O)OC)cn1. The van der Waals surface area contributed by atoms with Gasteiger partial charge in [-0.15, -0.1) is 0 Å². The fourth-order valence-corrected chi connectivity index (χ4v) is 1.23. The average molecular weight is 238 g/mol. The Morgan fingerprint density at radius 1 is 1.53 bits per heavy atom. The van der Waals surface area contributed by atoms with Crippen LogP contribution in [0.2, 0.25) is 0 Å². The zero-order valence-electron chi connectivity index (χ0n) is 10.2. The molecule has 1 aromatic rings. The predicted octanol–water partition coefficient (Wildman–Crippen LogP) is 0.913. The molecule has 1 rings (SSSR count). The Balaban J connectivity index is 2.47. The fraction of sp³-hybridized carbons (Fsp3) is 0.500. The highest BCUT2D eigenvalue weighted by Crippen LogP contribution is 2.10. The molecule has 1 atom stereocenters. The number of hydrogen-bond acceptors (Lipinski definition) is 5. The first kappa shape index (κ1) is 13.4. The Hall–Kier alpha value is -1.62. The fourth-order valence-electron chi connectivity index (χ4n) is 1.23. The zero-order chi connectivity index (χ0) is 12.7. The van der Waals surface area contributed by atoms with Crippen LogP contribution in [0.15, 0.2) is 18.3 Å². The van der Waals surface area contributed by atoms with Crippen LogP contribution < -0.4 is 10.5 Å². The van der Waals surface area contributed by atoms with E-state index in [1.165, 1.54) is 7.11 Å². The molecule has 17 heavy (non-hydrogen) atoms. The van der Waals surface area contributed by atoms with E-state index in [1.807, 2.05) is 13.0 Å². The first-order valence-electron chi connectivity index (χ1n) is 5.55. The third kappa shape index (κ3) is 4.82. The molecule has 0 aromatic carbocycles. The van der Waals surface area contributed by atoms with Crippen molar-refractivity contribution >= 4 is 5.97 Å². The van der Waals surface area contributed by atoms with Crippen molar-refractivity contribution in [2.24, 2.45) is 5.73 Å². The van der Waals surface area contributed by atoms with E-state index in [0.29, 0.717) is 5.75 Å². The second-order valence-corrected chi connectivity index (χ2v) is 3.72. The van der Waals surface area contributed by atoms with Gasteiger partial charge in [0.2, 0.25) is 0 Å². The van der Waals surface area contributed by atoms with E-state index in [2.05, 4.69) is 9.72 Å². The van der Waals surface area contributed by atoms with Crippen LogP contribution in [0, 0.1) is 0 Å². The summed E-state index contributed by atoms with van der Waals surface area (Å²) < 4.78 is 9.64. The van der Waals surface area contributed by atoms with Gasteiger partial charge in [0.1, 0.15) is 5.75 Å². The number of esters is 1. The molecule has 0 aliphatic heterocycles. The maximum atomic E-state index is 10.9. The van der Waals surface area contributed by atoms with Crippen molar-refractivity contribution in [2.45, 2.75) is 25.8 Å². The molecule has 0 saturated heterocycles. The van der Waals surface area contributed by atoms with Gasteiger partial charge in [0.15, 0.2) is 6.61 Å². The summed E-state index contributed by atoms with van der Waals surface area (Å²) in [7, 11) is 1.32. The normalized spacial score (nSPS) is 11.9. The molecule has 94 valence electrons. The van der Waals surface area contributed by atoms with Crippen molar-refractivity contribution in [3.63, 3.8) is 0 Å². The van der Waals surface area contributed by atoms with Crippen molar-refractivity contribution in [3.8, 4) is 5.75 Å². The van der Waals surface area contributed by atoms with E-state index in [0.717, 1.165) is 18.5 Å². The number of hydrogen-bond donors (Lipinski definition) is 1. The minimum atomic E-state index is -0.415. The lowest BCUT2D eigenvalue weighted by Gasteiger charge is -2.08. The molecule has 1 heterocycles. The second-order valence-electron chi connectivity index (χ2n) is 3.72. The standard InChI is InChI=1S/C12H18N2O3/c1-3-9(13)6-10-4-5-11(7-14-10)17-8-12(15)16-2/h4-5,7,9H,3,6,8,13H2,1-2H3. The summed E-state index contributed by atoms with van der Waals surface area (Å²) in [6, 6.07) is 3.75. The topological polar surface area (TPSA) is 74.4 Å². The Labute approximate surface area is 101 Å². The first-order valence-corrected chi connectivity index (χ1v) is 5.55. The monoisotopic (exact) mass is 238 g/mol. The largest absolute Gasteiger partial charge is 0.480 e. The number of carbonyl (C=O) groups excluding carboxylic acids is 1. The first-order chi connectivity index (χ1) is 8.15. The highest BCUT2D eigenvalue weighted by atomic mass is 16.6. The molecule has 5 heteroatoms. The van der Waals surface area contributed by atoms with Crippen molar-refractivity contribution in [1.82, 2.24) is 4.98 Å². The molecule has 0 bridgehead atoms. The van der Waals surface area contributed by atoms with E-state index in [1.54, 1.807) is 12.3 Å². The summed E-state index contributed by atoms with van der Waals surface area (Å²) in [6.07, 6.45) is 3.25. The molecule has 5 nitrogen and oxygen atoms in total. The van der Waals surface area contributed by atoms with Crippen LogP contribution in [0.1, 0.15) is 19.0 Å². The maximum Gasteiger partial charge on any atom is 0.343 e. The van der Waals surface area contributed by atoms with Gasteiger partial charge in [-0.2, -0.15) is 0 Å². The van der Waals surface area contributed by atoms with Gasteiger partial charge in [-0.1, -0.05) is 6.92 Å². The van der Waals surface area contributed by atoms with Gasteiger partial charge >= 0.3 is 5.97 Å². The van der Waals surface area contributed by atoms with Gasteiger partial charge in [-0.3, -0.25) is 4.98 Å². The smallest absolute Gasteiger partial charge is 0.343 e. The van der Waals surface area contributed by atoms with Crippen LogP contribution in [0.4, 0.5) is 0 Å². The van der Waals surface area contributed by atoms with Gasteiger partial charge in [0.05, 0.1) is 13.3 Å². The number of carbonyl (C=O) groups is 1. The van der Waals surface area contributed by atoms with Crippen LogP contribution in [-0.4, -0.2) is 30.7 Å². The maximum absolute atomic E-state index is 10.9. The second kappa shape index (κ2) is 6.85. The number of ether oxygens (including phenoxy) is 2. The molecule has 0 radical (unpaired) electrons. The van der Waals surface area contributed by atoms with E-state index < -0.39 is 5.97 Å². The number of methoxy groups -OCH3 is 1. The molecule has 1 unspecified atom stereocenters. The molecule has 0 saturated carbocycles. The summed E-state index contributed by atoms with van der Waals surface area (Å²) in [4.78, 5) is 15.1. The highest BCUT2D eigenvalue weighted by molar-refractivity contribution is 5.70. The van der Waals surface area contributed by atoms with Crippen LogP contribution in [-0.2, 0) is 16.0 Å². The molecular formula is C12H18N2O3. The van der Waals surface area contributed by atoms with Crippen LogP contribution >= 0.6 is 0 Å². The Bertz CT molecular complexity index is 351. The predicted molar refractivity (Wildman–Crippen MR) is 63.7 cm³/mol. The quantitative estimate of drug-likeness (QED) is 0.746. The number of rotatable bonds is 6. The van der Waals surface area contributed by atoms with Gasteiger partial charge < -0.3 is 15.2 Å².